The van der Waals surface area contributed by atoms with E-state index in [-0.39, 0.29) is 5.54 Å². The van der Waals surface area contributed by atoms with Gasteiger partial charge in [-0.25, -0.2) is 4.98 Å². The Kier molecular flexibility index (Phi) is 5.76. The Hall–Kier alpha value is -3.36. The molecular weight excluding hydrogens is 501 g/mol. The predicted octanol–water partition coefficient (Wildman–Crippen LogP) is 6.52. The summed E-state index contributed by atoms with van der Waals surface area (Å²) < 4.78 is 40.2. The average molecular weight is 525 g/mol. The molecule has 1 aliphatic carbocycles. The van der Waals surface area contributed by atoms with Gasteiger partial charge in [-0.15, -0.1) is 0 Å². The van der Waals surface area contributed by atoms with E-state index in [4.69, 9.17) is 11.6 Å². The molecule has 9 heteroatoms. The number of piperidine rings is 1. The van der Waals surface area contributed by atoms with Gasteiger partial charge in [0, 0.05) is 23.4 Å². The highest BCUT2D eigenvalue weighted by Crippen LogP contribution is 2.56. The van der Waals surface area contributed by atoms with Crippen molar-refractivity contribution in [2.45, 2.75) is 37.0 Å². The molecule has 2 aromatic carbocycles. The maximum Gasteiger partial charge on any atom is 0.417 e. The number of hydrogen-bond acceptors (Lipinski definition) is 3. The third kappa shape index (κ3) is 4.28. The molecule has 3 heterocycles. The zero-order chi connectivity index (χ0) is 25.8. The molecule has 0 bridgehead atoms. The minimum atomic E-state index is -4.69. The van der Waals surface area contributed by atoms with E-state index in [1.807, 2.05) is 48.7 Å². The minimum Gasteiger partial charge on any atom is -0.361 e. The van der Waals surface area contributed by atoms with Gasteiger partial charge in [-0.2, -0.15) is 13.2 Å². The van der Waals surface area contributed by atoms with Crippen LogP contribution in [0.25, 0.3) is 22.0 Å². The summed E-state index contributed by atoms with van der Waals surface area (Å²) in [6.07, 6.45) is 1.13. The Bertz CT molecular complexity index is 1500. The molecule has 3 unspecified atom stereocenters. The van der Waals surface area contributed by atoms with Gasteiger partial charge in [-0.3, -0.25) is 4.79 Å². The highest BCUT2D eigenvalue weighted by Gasteiger charge is 2.60. The number of pyridine rings is 1. The van der Waals surface area contributed by atoms with Crippen LogP contribution in [0, 0.1) is 5.92 Å². The van der Waals surface area contributed by atoms with Crippen molar-refractivity contribution < 1.29 is 18.0 Å². The lowest BCUT2D eigenvalue weighted by Gasteiger charge is -2.33. The van der Waals surface area contributed by atoms with Gasteiger partial charge >= 0.3 is 6.18 Å². The lowest BCUT2D eigenvalue weighted by molar-refractivity contribution is -0.137. The van der Waals surface area contributed by atoms with E-state index >= 15 is 0 Å². The van der Waals surface area contributed by atoms with Crippen LogP contribution in [0.1, 0.15) is 46.9 Å². The molecule has 190 valence electrons. The Morgan fingerprint density at radius 3 is 2.78 bits per heavy atom. The van der Waals surface area contributed by atoms with Crippen molar-refractivity contribution in [3.63, 3.8) is 0 Å². The first-order valence-corrected chi connectivity index (χ1v) is 12.6. The highest BCUT2D eigenvalue weighted by atomic mass is 35.5. The molecule has 4 aromatic rings. The fraction of sp³-hybridized carbons (Fsp3) is 0.286. The third-order valence-electron chi connectivity index (χ3n) is 7.64. The summed E-state index contributed by atoms with van der Waals surface area (Å²) >= 11 is 6.03. The van der Waals surface area contributed by atoms with Crippen molar-refractivity contribution in [1.82, 2.24) is 20.6 Å². The van der Waals surface area contributed by atoms with Crippen molar-refractivity contribution in [3.05, 3.63) is 88.8 Å². The van der Waals surface area contributed by atoms with Crippen LogP contribution in [0.3, 0.4) is 0 Å². The minimum absolute atomic E-state index is 0.356. The summed E-state index contributed by atoms with van der Waals surface area (Å²) in [4.78, 5) is 20.4. The molecule has 3 N–H and O–H groups in total. The van der Waals surface area contributed by atoms with Crippen LogP contribution in [0.4, 0.5) is 13.2 Å². The quantitative estimate of drug-likeness (QED) is 0.278. The number of benzene rings is 2. The Morgan fingerprint density at radius 1 is 1.14 bits per heavy atom. The number of rotatable bonds is 5. The van der Waals surface area contributed by atoms with Crippen LogP contribution in [0.2, 0.25) is 5.02 Å². The molecule has 0 spiro atoms. The van der Waals surface area contributed by atoms with Gasteiger partial charge in [0.1, 0.15) is 5.69 Å². The van der Waals surface area contributed by atoms with Crippen LogP contribution >= 0.6 is 11.6 Å². The Balaban J connectivity index is 1.37. The second kappa shape index (κ2) is 8.89. The van der Waals surface area contributed by atoms with Gasteiger partial charge in [-0.1, -0.05) is 35.9 Å². The largest absolute Gasteiger partial charge is 0.417 e. The topological polar surface area (TPSA) is 69.8 Å². The number of H-pyrrole nitrogens is 1. The molecule has 0 radical (unpaired) electrons. The normalized spacial score (nSPS) is 21.9. The second-order valence-corrected chi connectivity index (χ2v) is 10.2. The maximum absolute atomic E-state index is 13.4. The van der Waals surface area contributed by atoms with Crippen LogP contribution in [0.5, 0.6) is 0 Å². The van der Waals surface area contributed by atoms with Crippen LogP contribution < -0.4 is 10.6 Å². The van der Waals surface area contributed by atoms with Gasteiger partial charge in [-0.05, 0) is 84.1 Å². The van der Waals surface area contributed by atoms with Gasteiger partial charge in [0.25, 0.3) is 5.91 Å². The lowest BCUT2D eigenvalue weighted by Crippen LogP contribution is -2.49. The summed E-state index contributed by atoms with van der Waals surface area (Å²) in [7, 11) is 0. The van der Waals surface area contributed by atoms with E-state index < -0.39 is 34.4 Å². The van der Waals surface area contributed by atoms with Gasteiger partial charge < -0.3 is 15.6 Å². The molecule has 5 nitrogen and oxygen atoms in total. The molecular formula is C28H24ClF3N4O. The molecule has 1 aliphatic heterocycles. The number of carbonyl (C=O) groups is 1. The molecule has 1 amide bonds. The fourth-order valence-corrected chi connectivity index (χ4v) is 6.02. The number of nitrogens with zero attached hydrogens (tertiary/aromatic N) is 1. The van der Waals surface area contributed by atoms with E-state index in [1.54, 1.807) is 0 Å². The zero-order valence-corrected chi connectivity index (χ0v) is 20.5. The molecule has 2 aliphatic rings. The number of amides is 1. The standard InChI is InChI=1S/C28H24ClF3N4O/c29-23-21(28(30,31)32)9-12-34-24(23)26(37)36-25(27-15-20(27)5-2-10-35-27)19-4-1-3-16(14-19)17-6-7-22-18(13-17)8-11-33-22/h1,3-4,6-9,11-14,20,25,33,35H,2,5,10,15H2,(H,36,37). The van der Waals surface area contributed by atoms with Crippen LogP contribution in [0.15, 0.2) is 67.0 Å². The number of aromatic amines is 1. The number of fused-ring (bicyclic) bond motifs is 2. The monoisotopic (exact) mass is 524 g/mol. The Morgan fingerprint density at radius 2 is 1.97 bits per heavy atom. The van der Waals surface area contributed by atoms with E-state index in [0.717, 1.165) is 65.7 Å². The SMILES string of the molecule is O=C(NC(c1cccc(-c2ccc3[nH]ccc3c2)c1)C12CC1CCCN2)c1nccc(C(F)(F)F)c1Cl. The van der Waals surface area contributed by atoms with E-state index in [2.05, 4.69) is 26.7 Å². The van der Waals surface area contributed by atoms with Crippen molar-refractivity contribution in [2.24, 2.45) is 5.92 Å². The van der Waals surface area contributed by atoms with Crippen molar-refractivity contribution in [1.29, 1.82) is 0 Å². The number of nitrogens with one attached hydrogen (secondary N) is 3. The first-order chi connectivity index (χ1) is 17.8. The summed E-state index contributed by atoms with van der Waals surface area (Å²) in [5, 5.41) is 7.00. The second-order valence-electron chi connectivity index (χ2n) is 9.84. The number of halogens is 4. The fourth-order valence-electron chi connectivity index (χ4n) is 5.71. The van der Waals surface area contributed by atoms with Gasteiger partial charge in [0.05, 0.1) is 16.6 Å². The number of alkyl halides is 3. The molecule has 1 saturated carbocycles. The number of aromatic nitrogens is 2. The summed E-state index contributed by atoms with van der Waals surface area (Å²) in [6, 6.07) is 16.4. The maximum atomic E-state index is 13.4. The average Bonchev–Trinajstić information content (AvgIpc) is 3.45. The molecule has 3 atom stereocenters. The van der Waals surface area contributed by atoms with Gasteiger partial charge in [0.15, 0.2) is 0 Å². The molecule has 1 saturated heterocycles. The smallest absolute Gasteiger partial charge is 0.361 e. The van der Waals surface area contributed by atoms with Crippen molar-refractivity contribution >= 4 is 28.4 Å². The van der Waals surface area contributed by atoms with Crippen LogP contribution in [-0.4, -0.2) is 28.0 Å². The lowest BCUT2D eigenvalue weighted by atomic mass is 9.89. The molecule has 37 heavy (non-hydrogen) atoms. The first-order valence-electron chi connectivity index (χ1n) is 12.2. The zero-order valence-electron chi connectivity index (χ0n) is 19.7. The van der Waals surface area contributed by atoms with Crippen LogP contribution in [-0.2, 0) is 6.18 Å². The molecule has 2 aromatic heterocycles. The summed E-state index contributed by atoms with van der Waals surface area (Å²) in [6.45, 7) is 0.815. The predicted molar refractivity (Wildman–Crippen MR) is 136 cm³/mol. The van der Waals surface area contributed by atoms with Gasteiger partial charge in [0.2, 0.25) is 0 Å². The third-order valence-corrected chi connectivity index (χ3v) is 8.03. The summed E-state index contributed by atoms with van der Waals surface area (Å²) in [5.41, 5.74) is 2.07. The number of hydrogen-bond donors (Lipinski definition) is 3. The van der Waals surface area contributed by atoms with E-state index in [0.29, 0.717) is 5.92 Å². The highest BCUT2D eigenvalue weighted by molar-refractivity contribution is 6.34. The van der Waals surface area contributed by atoms with Crippen molar-refractivity contribution in [2.75, 3.05) is 6.54 Å². The molecule has 2 fully saturated rings. The number of carbonyl (C=O) groups excluding carboxylic acids is 1. The molecule has 6 rings (SSSR count). The summed E-state index contributed by atoms with van der Waals surface area (Å²) in [5.74, 6) is -0.357. The Labute approximate surface area is 216 Å². The van der Waals surface area contributed by atoms with E-state index in [1.165, 1.54) is 0 Å². The first kappa shape index (κ1) is 24.0. The van der Waals surface area contributed by atoms with E-state index in [9.17, 15) is 18.0 Å². The van der Waals surface area contributed by atoms with Crippen molar-refractivity contribution in [3.8, 4) is 11.1 Å².